The van der Waals surface area contributed by atoms with E-state index in [1.807, 2.05) is 30.3 Å². The van der Waals surface area contributed by atoms with Gasteiger partial charge in [0.25, 0.3) is 5.56 Å². The third-order valence-electron chi connectivity index (χ3n) is 5.37. The minimum Gasteiger partial charge on any atom is -0.497 e. The zero-order valence-corrected chi connectivity index (χ0v) is 16.7. The van der Waals surface area contributed by atoms with E-state index in [-0.39, 0.29) is 5.56 Å². The van der Waals surface area contributed by atoms with Crippen LogP contribution >= 0.6 is 0 Å². The van der Waals surface area contributed by atoms with Gasteiger partial charge in [0.05, 0.1) is 19.3 Å². The van der Waals surface area contributed by atoms with Crippen LogP contribution < -0.4 is 15.2 Å². The van der Waals surface area contributed by atoms with Crippen LogP contribution in [0.2, 0.25) is 0 Å². The molecule has 0 radical (unpaired) electrons. The lowest BCUT2D eigenvalue weighted by Gasteiger charge is -2.36. The van der Waals surface area contributed by atoms with E-state index in [0.717, 1.165) is 49.7 Å². The molecule has 0 atom stereocenters. The lowest BCUT2D eigenvalue weighted by molar-refractivity contribution is 0.243. The lowest BCUT2D eigenvalue weighted by atomic mass is 10.1. The Morgan fingerprint density at radius 1 is 0.862 bits per heavy atom. The summed E-state index contributed by atoms with van der Waals surface area (Å²) in [5.74, 6) is 0.803. The lowest BCUT2D eigenvalue weighted by Crippen LogP contribution is -2.47. The van der Waals surface area contributed by atoms with Gasteiger partial charge in [-0.25, -0.2) is 4.68 Å². The summed E-state index contributed by atoms with van der Waals surface area (Å²) in [4.78, 5) is 17.1. The summed E-state index contributed by atoms with van der Waals surface area (Å²) < 4.78 is 6.78. The number of para-hydroxylation sites is 1. The van der Waals surface area contributed by atoms with Crippen LogP contribution in [-0.2, 0) is 6.54 Å². The number of benzene rings is 2. The molecular formula is C23H26N4O2. The molecule has 29 heavy (non-hydrogen) atoms. The average molecular weight is 390 g/mol. The Labute approximate surface area is 171 Å². The van der Waals surface area contributed by atoms with Crippen molar-refractivity contribution in [3.8, 4) is 17.0 Å². The molecule has 0 N–H and O–H groups in total. The number of hydrogen-bond donors (Lipinski definition) is 0. The molecule has 0 amide bonds. The minimum absolute atomic E-state index is 0.0646. The van der Waals surface area contributed by atoms with E-state index < -0.39 is 0 Å². The standard InChI is InChI=1S/C23H26N4O2/c1-29-21-9-7-19(8-10-21)22-11-12-23(28)27(24-22)18-15-25-13-16-26(17-14-25)20-5-3-2-4-6-20/h2-12H,13-18H2,1H3. The molecule has 1 aliphatic rings. The summed E-state index contributed by atoms with van der Waals surface area (Å²) in [7, 11) is 1.65. The first-order valence-electron chi connectivity index (χ1n) is 9.98. The highest BCUT2D eigenvalue weighted by Crippen LogP contribution is 2.19. The fourth-order valence-corrected chi connectivity index (χ4v) is 3.63. The minimum atomic E-state index is -0.0646. The highest BCUT2D eigenvalue weighted by Gasteiger charge is 2.17. The molecule has 1 aromatic heterocycles. The predicted molar refractivity (Wildman–Crippen MR) is 116 cm³/mol. The fraction of sp³-hybridized carbons (Fsp3) is 0.304. The number of piperazine rings is 1. The summed E-state index contributed by atoms with van der Waals surface area (Å²) in [5, 5.41) is 4.57. The molecule has 150 valence electrons. The number of hydrogen-bond acceptors (Lipinski definition) is 5. The van der Waals surface area contributed by atoms with E-state index in [9.17, 15) is 4.79 Å². The molecule has 2 heterocycles. The van der Waals surface area contributed by atoms with Crippen molar-refractivity contribution in [3.63, 3.8) is 0 Å². The van der Waals surface area contributed by atoms with E-state index in [1.54, 1.807) is 23.9 Å². The van der Waals surface area contributed by atoms with Gasteiger partial charge in [0, 0.05) is 50.0 Å². The first kappa shape index (κ1) is 19.2. The molecule has 1 aliphatic heterocycles. The van der Waals surface area contributed by atoms with Gasteiger partial charge in [-0.3, -0.25) is 9.69 Å². The smallest absolute Gasteiger partial charge is 0.266 e. The summed E-state index contributed by atoms with van der Waals surface area (Å²) in [6.07, 6.45) is 0. The summed E-state index contributed by atoms with van der Waals surface area (Å²) in [6.45, 7) is 5.38. The second kappa shape index (κ2) is 8.92. The number of anilines is 1. The monoisotopic (exact) mass is 390 g/mol. The van der Waals surface area contributed by atoms with Crippen molar-refractivity contribution in [1.29, 1.82) is 0 Å². The van der Waals surface area contributed by atoms with Crippen LogP contribution in [0, 0.1) is 0 Å². The largest absolute Gasteiger partial charge is 0.497 e. The normalized spacial score (nSPS) is 14.7. The highest BCUT2D eigenvalue weighted by atomic mass is 16.5. The van der Waals surface area contributed by atoms with Crippen LogP contribution in [0.3, 0.4) is 0 Å². The summed E-state index contributed by atoms with van der Waals surface area (Å²) in [5.41, 5.74) is 2.97. The van der Waals surface area contributed by atoms with Gasteiger partial charge in [-0.15, -0.1) is 0 Å². The Bertz CT molecular complexity index is 978. The molecule has 2 aromatic carbocycles. The maximum atomic E-state index is 12.3. The second-order valence-electron chi connectivity index (χ2n) is 7.17. The SMILES string of the molecule is COc1ccc(-c2ccc(=O)n(CCN3CCN(c4ccccc4)CC3)n2)cc1. The van der Waals surface area contributed by atoms with Crippen molar-refractivity contribution in [3.05, 3.63) is 77.1 Å². The zero-order valence-electron chi connectivity index (χ0n) is 16.7. The van der Waals surface area contributed by atoms with Gasteiger partial charge < -0.3 is 9.64 Å². The molecule has 3 aromatic rings. The van der Waals surface area contributed by atoms with Gasteiger partial charge in [0.1, 0.15) is 5.75 Å². The van der Waals surface area contributed by atoms with Gasteiger partial charge in [0.2, 0.25) is 0 Å². The Hall–Kier alpha value is -3.12. The number of ether oxygens (including phenoxy) is 1. The van der Waals surface area contributed by atoms with Crippen LogP contribution in [0.1, 0.15) is 0 Å². The number of rotatable bonds is 6. The third-order valence-corrected chi connectivity index (χ3v) is 5.37. The van der Waals surface area contributed by atoms with Gasteiger partial charge in [-0.2, -0.15) is 5.10 Å². The zero-order chi connectivity index (χ0) is 20.1. The average Bonchev–Trinajstić information content (AvgIpc) is 2.79. The molecule has 0 saturated carbocycles. The Kier molecular flexibility index (Phi) is 5.91. The van der Waals surface area contributed by atoms with Gasteiger partial charge in [-0.1, -0.05) is 18.2 Å². The van der Waals surface area contributed by atoms with E-state index >= 15 is 0 Å². The third kappa shape index (κ3) is 4.66. The maximum absolute atomic E-state index is 12.3. The van der Waals surface area contributed by atoms with Crippen LogP contribution in [0.5, 0.6) is 5.75 Å². The van der Waals surface area contributed by atoms with Gasteiger partial charge in [0.15, 0.2) is 0 Å². The van der Waals surface area contributed by atoms with Crippen molar-refractivity contribution in [2.75, 3.05) is 44.7 Å². The van der Waals surface area contributed by atoms with Crippen molar-refractivity contribution in [2.24, 2.45) is 0 Å². The second-order valence-corrected chi connectivity index (χ2v) is 7.17. The molecule has 0 aliphatic carbocycles. The molecule has 0 spiro atoms. The van der Waals surface area contributed by atoms with Gasteiger partial charge in [-0.05, 0) is 42.5 Å². The Morgan fingerprint density at radius 2 is 1.59 bits per heavy atom. The molecule has 0 bridgehead atoms. The molecule has 6 nitrogen and oxygen atoms in total. The number of aromatic nitrogens is 2. The molecule has 1 fully saturated rings. The first-order chi connectivity index (χ1) is 14.2. The topological polar surface area (TPSA) is 50.6 Å². The van der Waals surface area contributed by atoms with E-state index in [4.69, 9.17) is 4.74 Å². The Balaban J connectivity index is 1.37. The van der Waals surface area contributed by atoms with Crippen LogP contribution in [0.25, 0.3) is 11.3 Å². The predicted octanol–water partition coefficient (Wildman–Crippen LogP) is 2.74. The van der Waals surface area contributed by atoms with Crippen LogP contribution in [-0.4, -0.2) is 54.5 Å². The summed E-state index contributed by atoms with van der Waals surface area (Å²) in [6, 6.07) is 21.6. The molecule has 1 saturated heterocycles. The van der Waals surface area contributed by atoms with Crippen LogP contribution in [0.4, 0.5) is 5.69 Å². The molecule has 6 heteroatoms. The highest BCUT2D eigenvalue weighted by molar-refractivity contribution is 5.59. The van der Waals surface area contributed by atoms with E-state index in [1.165, 1.54) is 5.69 Å². The Morgan fingerprint density at radius 3 is 2.28 bits per heavy atom. The number of methoxy groups -OCH3 is 1. The van der Waals surface area contributed by atoms with Crippen molar-refractivity contribution < 1.29 is 4.74 Å². The summed E-state index contributed by atoms with van der Waals surface area (Å²) >= 11 is 0. The van der Waals surface area contributed by atoms with Crippen LogP contribution in [0.15, 0.2) is 71.5 Å². The van der Waals surface area contributed by atoms with E-state index in [0.29, 0.717) is 6.54 Å². The van der Waals surface area contributed by atoms with Crippen molar-refractivity contribution in [1.82, 2.24) is 14.7 Å². The van der Waals surface area contributed by atoms with Gasteiger partial charge >= 0.3 is 0 Å². The quantitative estimate of drug-likeness (QED) is 0.648. The fourth-order valence-electron chi connectivity index (χ4n) is 3.63. The maximum Gasteiger partial charge on any atom is 0.266 e. The van der Waals surface area contributed by atoms with E-state index in [2.05, 4.69) is 39.2 Å². The molecule has 0 unspecified atom stereocenters. The molecule has 4 rings (SSSR count). The molecular weight excluding hydrogens is 364 g/mol. The van der Waals surface area contributed by atoms with Crippen molar-refractivity contribution >= 4 is 5.69 Å². The van der Waals surface area contributed by atoms with Crippen molar-refractivity contribution in [2.45, 2.75) is 6.54 Å². The number of nitrogens with zero attached hydrogens (tertiary/aromatic N) is 4. The first-order valence-corrected chi connectivity index (χ1v) is 9.98.